The van der Waals surface area contributed by atoms with E-state index in [4.69, 9.17) is 0 Å². The van der Waals surface area contributed by atoms with Crippen molar-refractivity contribution in [2.45, 2.75) is 47.2 Å². The monoisotopic (exact) mass is 459 g/mol. The van der Waals surface area contributed by atoms with Gasteiger partial charge in [0.1, 0.15) is 12.6 Å². The summed E-state index contributed by atoms with van der Waals surface area (Å²) in [5.41, 5.74) is 3.89. The molecule has 8 heteroatoms. The number of carbonyl (C=O) groups excluding carboxylic acids is 2. The van der Waals surface area contributed by atoms with E-state index in [9.17, 15) is 18.0 Å². The Hall–Kier alpha value is -2.87. The molecule has 0 saturated carbocycles. The number of nitrogens with one attached hydrogen (secondary N) is 1. The van der Waals surface area contributed by atoms with Crippen molar-refractivity contribution in [1.29, 1.82) is 0 Å². The predicted octanol–water partition coefficient (Wildman–Crippen LogP) is 2.93. The Balaban J connectivity index is 2.46. The zero-order valence-corrected chi connectivity index (χ0v) is 20.5. The number of aryl methyl sites for hydroxylation is 3. The average molecular weight is 460 g/mol. The fourth-order valence-corrected chi connectivity index (χ4v) is 4.62. The highest BCUT2D eigenvalue weighted by Crippen LogP contribution is 2.27. The van der Waals surface area contributed by atoms with Crippen molar-refractivity contribution in [3.8, 4) is 0 Å². The molecule has 0 aliphatic rings. The van der Waals surface area contributed by atoms with Gasteiger partial charge in [0.15, 0.2) is 0 Å². The molecule has 32 heavy (non-hydrogen) atoms. The molecule has 1 N–H and O–H groups in total. The lowest BCUT2D eigenvalue weighted by molar-refractivity contribution is -0.139. The molecule has 174 valence electrons. The van der Waals surface area contributed by atoms with E-state index in [0.717, 1.165) is 32.8 Å². The zero-order chi connectivity index (χ0) is 24.1. The summed E-state index contributed by atoms with van der Waals surface area (Å²) in [6.07, 6.45) is 1.09. The molecular weight excluding hydrogens is 426 g/mol. The number of likely N-dealkylation sites (N-methyl/N-ethyl adjacent to an activating group) is 1. The van der Waals surface area contributed by atoms with Crippen molar-refractivity contribution in [3.05, 3.63) is 64.7 Å². The first kappa shape index (κ1) is 25.4. The number of sulfonamides is 1. The van der Waals surface area contributed by atoms with E-state index >= 15 is 0 Å². The van der Waals surface area contributed by atoms with Crippen LogP contribution in [-0.2, 0) is 26.2 Å². The van der Waals surface area contributed by atoms with Crippen LogP contribution in [0, 0.1) is 20.8 Å². The van der Waals surface area contributed by atoms with Gasteiger partial charge in [-0.15, -0.1) is 0 Å². The minimum Gasteiger partial charge on any atom is -0.355 e. The highest BCUT2D eigenvalue weighted by atomic mass is 32.2. The molecule has 1 atom stereocenters. The molecule has 7 nitrogen and oxygen atoms in total. The van der Waals surface area contributed by atoms with Crippen LogP contribution >= 0.6 is 0 Å². The summed E-state index contributed by atoms with van der Waals surface area (Å²) in [6.45, 7) is 9.28. The van der Waals surface area contributed by atoms with Crippen molar-refractivity contribution < 1.29 is 18.0 Å². The third kappa shape index (κ3) is 6.09. The number of amides is 2. The molecule has 0 radical (unpaired) electrons. The number of hydrogen-bond acceptors (Lipinski definition) is 4. The fourth-order valence-electron chi connectivity index (χ4n) is 3.65. The average Bonchev–Trinajstić information content (AvgIpc) is 2.71. The van der Waals surface area contributed by atoms with Crippen LogP contribution in [0.1, 0.15) is 36.1 Å². The van der Waals surface area contributed by atoms with E-state index in [-0.39, 0.29) is 19.0 Å². The first-order chi connectivity index (χ1) is 15.0. The predicted molar refractivity (Wildman–Crippen MR) is 128 cm³/mol. The minimum atomic E-state index is -3.74. The molecule has 0 heterocycles. The number of nitrogens with zero attached hydrogens (tertiary/aromatic N) is 2. The van der Waals surface area contributed by atoms with Crippen LogP contribution in [0.15, 0.2) is 42.5 Å². The second-order valence-corrected chi connectivity index (χ2v) is 9.94. The third-order valence-corrected chi connectivity index (χ3v) is 6.60. The van der Waals surface area contributed by atoms with Crippen molar-refractivity contribution >= 4 is 27.5 Å². The summed E-state index contributed by atoms with van der Waals surface area (Å²) in [4.78, 5) is 27.5. The zero-order valence-electron chi connectivity index (χ0n) is 19.7. The van der Waals surface area contributed by atoms with Crippen LogP contribution in [0.25, 0.3) is 0 Å². The molecule has 0 bridgehead atoms. The molecule has 0 fully saturated rings. The van der Waals surface area contributed by atoms with Gasteiger partial charge in [-0.3, -0.25) is 13.9 Å². The Morgan fingerprint density at radius 2 is 1.53 bits per heavy atom. The van der Waals surface area contributed by atoms with E-state index < -0.39 is 22.0 Å². The minimum absolute atomic E-state index is 0.203. The topological polar surface area (TPSA) is 86.8 Å². The number of carbonyl (C=O) groups is 2. The fraction of sp³-hybridized carbons (Fsp3) is 0.417. The molecule has 2 aromatic rings. The molecule has 1 unspecified atom stereocenters. The van der Waals surface area contributed by atoms with E-state index in [1.807, 2.05) is 70.2 Å². The summed E-state index contributed by atoms with van der Waals surface area (Å²) >= 11 is 0. The molecular formula is C24H33N3O4S. The number of para-hydroxylation sites is 1. The van der Waals surface area contributed by atoms with Gasteiger partial charge < -0.3 is 10.2 Å². The van der Waals surface area contributed by atoms with Gasteiger partial charge in [-0.1, -0.05) is 42.5 Å². The Labute approximate surface area is 191 Å². The standard InChI is InChI=1S/C24H33N3O4S/c1-7-25-24(29)20(5)26(15-21-14-9-8-11-17(21)2)22(28)16-27(32(6,30)31)23-18(3)12-10-13-19(23)4/h8-14,20H,7,15-16H2,1-6H3,(H,25,29). The molecule has 2 rings (SSSR count). The SMILES string of the molecule is CCNC(=O)C(C)N(Cc1ccccc1C)C(=O)CN(c1c(C)cccc1C)S(C)(=O)=O. The number of hydrogen-bond donors (Lipinski definition) is 1. The smallest absolute Gasteiger partial charge is 0.244 e. The van der Waals surface area contributed by atoms with E-state index in [1.165, 1.54) is 4.90 Å². The molecule has 0 aliphatic heterocycles. The maximum absolute atomic E-state index is 13.5. The highest BCUT2D eigenvalue weighted by Gasteiger charge is 2.31. The van der Waals surface area contributed by atoms with Crippen molar-refractivity contribution in [2.75, 3.05) is 23.7 Å². The largest absolute Gasteiger partial charge is 0.355 e. The van der Waals surface area contributed by atoms with Gasteiger partial charge in [-0.05, 0) is 56.9 Å². The molecule has 0 spiro atoms. The van der Waals surface area contributed by atoms with Crippen LogP contribution < -0.4 is 9.62 Å². The van der Waals surface area contributed by atoms with Crippen LogP contribution in [0.3, 0.4) is 0 Å². The van der Waals surface area contributed by atoms with Crippen LogP contribution in [0.5, 0.6) is 0 Å². The number of benzene rings is 2. The lowest BCUT2D eigenvalue weighted by Crippen LogP contribution is -2.51. The van der Waals surface area contributed by atoms with Crippen molar-refractivity contribution in [1.82, 2.24) is 10.2 Å². The Kier molecular flexibility index (Phi) is 8.44. The molecule has 2 aromatic carbocycles. The normalized spacial score (nSPS) is 12.2. The van der Waals surface area contributed by atoms with E-state index in [1.54, 1.807) is 6.92 Å². The van der Waals surface area contributed by atoms with Gasteiger partial charge in [0.05, 0.1) is 11.9 Å². The number of rotatable bonds is 9. The van der Waals surface area contributed by atoms with Gasteiger partial charge in [-0.25, -0.2) is 8.42 Å². The third-order valence-electron chi connectivity index (χ3n) is 5.49. The first-order valence-electron chi connectivity index (χ1n) is 10.6. The number of anilines is 1. The molecule has 0 aromatic heterocycles. The van der Waals surface area contributed by atoms with Crippen molar-refractivity contribution in [3.63, 3.8) is 0 Å². The molecule has 2 amide bonds. The first-order valence-corrected chi connectivity index (χ1v) is 12.5. The van der Waals surface area contributed by atoms with E-state index in [2.05, 4.69) is 5.32 Å². The highest BCUT2D eigenvalue weighted by molar-refractivity contribution is 7.92. The van der Waals surface area contributed by atoms with Crippen LogP contribution in [-0.4, -0.2) is 50.5 Å². The molecule has 0 saturated heterocycles. The van der Waals surface area contributed by atoms with E-state index in [0.29, 0.717) is 12.2 Å². The Morgan fingerprint density at radius 1 is 0.969 bits per heavy atom. The Bertz CT molecular complexity index is 1060. The second-order valence-electron chi connectivity index (χ2n) is 8.03. The Morgan fingerprint density at radius 3 is 2.06 bits per heavy atom. The summed E-state index contributed by atoms with van der Waals surface area (Å²) in [5, 5.41) is 2.75. The summed E-state index contributed by atoms with van der Waals surface area (Å²) < 4.78 is 26.5. The van der Waals surface area contributed by atoms with Gasteiger partial charge >= 0.3 is 0 Å². The summed E-state index contributed by atoms with van der Waals surface area (Å²) in [5.74, 6) is -0.729. The quantitative estimate of drug-likeness (QED) is 0.625. The van der Waals surface area contributed by atoms with Gasteiger partial charge in [-0.2, -0.15) is 0 Å². The maximum Gasteiger partial charge on any atom is 0.244 e. The van der Waals surface area contributed by atoms with Crippen molar-refractivity contribution in [2.24, 2.45) is 0 Å². The summed E-state index contributed by atoms with van der Waals surface area (Å²) in [7, 11) is -3.74. The van der Waals surface area contributed by atoms with Crippen LogP contribution in [0.4, 0.5) is 5.69 Å². The maximum atomic E-state index is 13.5. The lowest BCUT2D eigenvalue weighted by Gasteiger charge is -2.32. The second kappa shape index (κ2) is 10.6. The van der Waals surface area contributed by atoms with Crippen LogP contribution in [0.2, 0.25) is 0 Å². The van der Waals surface area contributed by atoms with Gasteiger partial charge in [0, 0.05) is 13.1 Å². The van der Waals surface area contributed by atoms with Gasteiger partial charge in [0.2, 0.25) is 21.8 Å². The lowest BCUT2D eigenvalue weighted by atomic mass is 10.1. The van der Waals surface area contributed by atoms with Gasteiger partial charge in [0.25, 0.3) is 0 Å². The summed E-state index contributed by atoms with van der Waals surface area (Å²) in [6, 6.07) is 12.3. The molecule has 0 aliphatic carbocycles.